The van der Waals surface area contributed by atoms with Crippen molar-refractivity contribution in [2.45, 2.75) is 18.9 Å². The Hall–Kier alpha value is -4.04. The highest BCUT2D eigenvalue weighted by molar-refractivity contribution is 5.80. The number of rotatable bonds is 4. The van der Waals surface area contributed by atoms with Gasteiger partial charge < -0.3 is 14.6 Å². The summed E-state index contributed by atoms with van der Waals surface area (Å²) in [6.45, 7) is 1.07. The third-order valence-electron chi connectivity index (χ3n) is 5.73. The second kappa shape index (κ2) is 7.90. The molecule has 32 heavy (non-hydrogen) atoms. The summed E-state index contributed by atoms with van der Waals surface area (Å²) in [5.41, 5.74) is 2.56. The molecule has 0 spiro atoms. The van der Waals surface area contributed by atoms with E-state index in [-0.39, 0.29) is 24.2 Å². The van der Waals surface area contributed by atoms with Gasteiger partial charge in [0.2, 0.25) is 5.91 Å². The summed E-state index contributed by atoms with van der Waals surface area (Å²) in [7, 11) is 1.49. The third kappa shape index (κ3) is 3.30. The first-order valence-electron chi connectivity index (χ1n) is 10.2. The number of piperidine rings is 1. The molecule has 0 bridgehead atoms. The van der Waals surface area contributed by atoms with Crippen molar-refractivity contribution in [1.29, 1.82) is 5.26 Å². The third-order valence-corrected chi connectivity index (χ3v) is 5.73. The molecule has 0 aromatic carbocycles. The topological polar surface area (TPSA) is 134 Å². The number of imidazole rings is 1. The molecule has 11 nitrogen and oxygen atoms in total. The van der Waals surface area contributed by atoms with Crippen LogP contribution in [0.15, 0.2) is 35.5 Å². The number of aromatic nitrogens is 6. The van der Waals surface area contributed by atoms with Crippen molar-refractivity contribution in [3.8, 4) is 17.5 Å². The summed E-state index contributed by atoms with van der Waals surface area (Å²) < 4.78 is 8.23. The van der Waals surface area contributed by atoms with Gasteiger partial charge in [-0.15, -0.1) is 0 Å². The molecule has 4 aromatic rings. The smallest absolute Gasteiger partial charge is 0.328 e. The van der Waals surface area contributed by atoms with Crippen LogP contribution < -0.4 is 5.69 Å². The Morgan fingerprint density at radius 2 is 2.28 bits per heavy atom. The quantitative estimate of drug-likeness (QED) is 0.510. The number of carbonyl (C=O) groups excluding carboxylic acids is 1. The van der Waals surface area contributed by atoms with E-state index in [1.807, 2.05) is 0 Å². The van der Waals surface area contributed by atoms with E-state index in [4.69, 9.17) is 4.74 Å². The van der Waals surface area contributed by atoms with Crippen LogP contribution in [0.5, 0.6) is 0 Å². The van der Waals surface area contributed by atoms with Crippen LogP contribution in [0.25, 0.3) is 28.1 Å². The standard InChI is InChI=1S/C21H20N8O3/c1-32-12-18(30)27-5-2-3-14(11-27)29-20-16(25-21(29)31)10-23-19(26-20)15-9-24-28-6-4-13(8-22)7-17(15)28/h4,6-7,9-10,14H,2-3,5,11-12H2,1H3,(H,25,31). The van der Waals surface area contributed by atoms with E-state index in [0.717, 1.165) is 12.8 Å². The maximum Gasteiger partial charge on any atom is 0.328 e. The Kier molecular flexibility index (Phi) is 4.91. The van der Waals surface area contributed by atoms with Gasteiger partial charge in [0.1, 0.15) is 12.1 Å². The van der Waals surface area contributed by atoms with E-state index in [1.54, 1.807) is 44.7 Å². The molecule has 1 N–H and O–H groups in total. The van der Waals surface area contributed by atoms with Gasteiger partial charge in [0.25, 0.3) is 0 Å². The normalized spacial score (nSPS) is 16.5. The lowest BCUT2D eigenvalue weighted by molar-refractivity contribution is -0.136. The fourth-order valence-electron chi connectivity index (χ4n) is 4.21. The maximum absolute atomic E-state index is 12.8. The van der Waals surface area contributed by atoms with E-state index < -0.39 is 0 Å². The predicted molar refractivity (Wildman–Crippen MR) is 114 cm³/mol. The molecular formula is C21H20N8O3. The van der Waals surface area contributed by atoms with Crippen molar-refractivity contribution in [2.75, 3.05) is 26.8 Å². The van der Waals surface area contributed by atoms with Crippen molar-refractivity contribution in [3.63, 3.8) is 0 Å². The number of nitrogens with zero attached hydrogens (tertiary/aromatic N) is 7. The number of nitriles is 1. The molecule has 0 radical (unpaired) electrons. The molecule has 1 saturated heterocycles. The van der Waals surface area contributed by atoms with E-state index in [1.165, 1.54) is 7.11 Å². The van der Waals surface area contributed by atoms with Crippen molar-refractivity contribution >= 4 is 22.6 Å². The molecule has 5 heterocycles. The number of fused-ring (bicyclic) bond motifs is 2. The molecule has 1 amide bonds. The Labute approximate surface area is 181 Å². The number of carbonyl (C=O) groups is 1. The summed E-state index contributed by atoms with van der Waals surface area (Å²) in [5.74, 6) is 0.304. The van der Waals surface area contributed by atoms with Crippen molar-refractivity contribution in [2.24, 2.45) is 0 Å². The number of pyridine rings is 1. The summed E-state index contributed by atoms with van der Waals surface area (Å²) in [6, 6.07) is 5.32. The van der Waals surface area contributed by atoms with Crippen molar-refractivity contribution in [3.05, 3.63) is 46.8 Å². The molecule has 4 aromatic heterocycles. The number of hydrogen-bond acceptors (Lipinski definition) is 7. The number of hydrogen-bond donors (Lipinski definition) is 1. The lowest BCUT2D eigenvalue weighted by Crippen LogP contribution is -2.43. The first-order valence-corrected chi connectivity index (χ1v) is 10.2. The highest BCUT2D eigenvalue weighted by Gasteiger charge is 2.28. The Morgan fingerprint density at radius 1 is 1.41 bits per heavy atom. The molecule has 1 fully saturated rings. The van der Waals surface area contributed by atoms with E-state index >= 15 is 0 Å². The van der Waals surface area contributed by atoms with Gasteiger partial charge in [0.05, 0.1) is 41.1 Å². The Bertz CT molecular complexity index is 1430. The summed E-state index contributed by atoms with van der Waals surface area (Å²) in [5, 5.41) is 13.5. The Balaban J connectivity index is 1.57. The van der Waals surface area contributed by atoms with Crippen LogP contribution in [-0.4, -0.2) is 66.7 Å². The minimum absolute atomic E-state index is 0.0151. The van der Waals surface area contributed by atoms with Crippen molar-refractivity contribution in [1.82, 2.24) is 34.0 Å². The zero-order valence-corrected chi connectivity index (χ0v) is 17.4. The van der Waals surface area contributed by atoms with E-state index in [0.29, 0.717) is 46.7 Å². The molecule has 5 rings (SSSR count). The Morgan fingerprint density at radius 3 is 3.09 bits per heavy atom. The predicted octanol–water partition coefficient (Wildman–Crippen LogP) is 1.12. The molecular weight excluding hydrogens is 412 g/mol. The van der Waals surface area contributed by atoms with Gasteiger partial charge in [-0.1, -0.05) is 0 Å². The van der Waals surface area contributed by atoms with Gasteiger partial charge in [-0.25, -0.2) is 19.3 Å². The monoisotopic (exact) mass is 432 g/mol. The zero-order valence-electron chi connectivity index (χ0n) is 17.4. The largest absolute Gasteiger partial charge is 0.375 e. The zero-order chi connectivity index (χ0) is 22.2. The van der Waals surface area contributed by atoms with Gasteiger partial charge in [0, 0.05) is 26.4 Å². The number of amides is 1. The van der Waals surface area contributed by atoms with Crippen LogP contribution in [-0.2, 0) is 9.53 Å². The van der Waals surface area contributed by atoms with Crippen molar-refractivity contribution < 1.29 is 9.53 Å². The number of nitrogens with one attached hydrogen (secondary N) is 1. The van der Waals surface area contributed by atoms with E-state index in [9.17, 15) is 14.9 Å². The number of methoxy groups -OCH3 is 1. The minimum Gasteiger partial charge on any atom is -0.375 e. The molecule has 1 aliphatic rings. The first-order chi connectivity index (χ1) is 15.6. The van der Waals surface area contributed by atoms with Gasteiger partial charge >= 0.3 is 5.69 Å². The lowest BCUT2D eigenvalue weighted by atomic mass is 10.1. The van der Waals surface area contributed by atoms with Gasteiger partial charge in [0.15, 0.2) is 11.5 Å². The number of aromatic amines is 1. The SMILES string of the molecule is COCC(=O)N1CCCC(n2c(=O)[nH]c3cnc(-c4cnn5ccc(C#N)cc45)nc32)C1. The number of likely N-dealkylation sites (tertiary alicyclic amines) is 1. The van der Waals surface area contributed by atoms with Crippen LogP contribution in [0.4, 0.5) is 0 Å². The highest BCUT2D eigenvalue weighted by Crippen LogP contribution is 2.26. The number of ether oxygens (including phenoxy) is 1. The van der Waals surface area contributed by atoms with Crippen LogP contribution in [0.3, 0.4) is 0 Å². The average Bonchev–Trinajstić information content (AvgIpc) is 3.38. The molecule has 1 aliphatic heterocycles. The molecule has 0 aliphatic carbocycles. The molecule has 1 atom stereocenters. The van der Waals surface area contributed by atoms with Gasteiger partial charge in [-0.2, -0.15) is 10.4 Å². The minimum atomic E-state index is -0.288. The first kappa shape index (κ1) is 19.9. The van der Waals surface area contributed by atoms with Crippen LogP contribution in [0.2, 0.25) is 0 Å². The summed E-state index contributed by atoms with van der Waals surface area (Å²) in [4.78, 5) is 38.7. The van der Waals surface area contributed by atoms with Gasteiger partial charge in [-0.05, 0) is 25.0 Å². The summed E-state index contributed by atoms with van der Waals surface area (Å²) >= 11 is 0. The molecule has 1 unspecified atom stereocenters. The molecule has 162 valence electrons. The second-order valence-electron chi connectivity index (χ2n) is 7.72. The number of H-pyrrole nitrogens is 1. The average molecular weight is 432 g/mol. The fraction of sp³-hybridized carbons (Fsp3) is 0.333. The van der Waals surface area contributed by atoms with Gasteiger partial charge in [-0.3, -0.25) is 9.36 Å². The summed E-state index contributed by atoms with van der Waals surface area (Å²) in [6.07, 6.45) is 6.45. The maximum atomic E-state index is 12.8. The molecule has 11 heteroatoms. The highest BCUT2D eigenvalue weighted by atomic mass is 16.5. The second-order valence-corrected chi connectivity index (χ2v) is 7.72. The lowest BCUT2D eigenvalue weighted by Gasteiger charge is -2.33. The fourth-order valence-corrected chi connectivity index (χ4v) is 4.21. The van der Waals surface area contributed by atoms with Crippen LogP contribution in [0.1, 0.15) is 24.4 Å². The molecule has 0 saturated carbocycles. The van der Waals surface area contributed by atoms with Crippen LogP contribution >= 0.6 is 0 Å². The van der Waals surface area contributed by atoms with E-state index in [2.05, 4.69) is 26.1 Å². The van der Waals surface area contributed by atoms with Crippen LogP contribution in [0, 0.1) is 11.3 Å².